The van der Waals surface area contributed by atoms with Gasteiger partial charge in [-0.05, 0) is 56.2 Å². The second kappa shape index (κ2) is 8.53. The highest BCUT2D eigenvalue weighted by molar-refractivity contribution is 6.31. The van der Waals surface area contributed by atoms with Crippen LogP contribution in [0, 0.1) is 13.8 Å². The van der Waals surface area contributed by atoms with Crippen molar-refractivity contribution in [2.24, 2.45) is 0 Å². The molecule has 1 N–H and O–H groups in total. The second-order valence-corrected chi connectivity index (χ2v) is 6.13. The lowest BCUT2D eigenvalue weighted by atomic mass is 10.2. The first-order valence-corrected chi connectivity index (χ1v) is 8.19. The lowest BCUT2D eigenvalue weighted by molar-refractivity contribution is -0.153. The zero-order chi connectivity index (χ0) is 18.4. The highest BCUT2D eigenvalue weighted by Gasteiger charge is 2.18. The molecule has 2 rings (SSSR count). The molecule has 25 heavy (non-hydrogen) atoms. The summed E-state index contributed by atoms with van der Waals surface area (Å²) in [6, 6.07) is 12.5. The van der Waals surface area contributed by atoms with E-state index in [-0.39, 0.29) is 0 Å². The van der Waals surface area contributed by atoms with Gasteiger partial charge in [0.2, 0.25) is 0 Å². The van der Waals surface area contributed by atoms with Gasteiger partial charge in [0.1, 0.15) is 5.75 Å². The molecule has 0 bridgehead atoms. The lowest BCUT2D eigenvalue weighted by Crippen LogP contribution is -2.29. The quantitative estimate of drug-likeness (QED) is 0.792. The summed E-state index contributed by atoms with van der Waals surface area (Å²) in [6.07, 6.45) is -0.817. The standard InChI is InChI=1S/C19H20ClNO4/c1-12-5-4-6-16(9-12)25-14(3)19(23)24-11-18(22)21-17-10-15(20)8-7-13(17)2/h4-10,14H,11H2,1-3H3,(H,21,22)/t14-/m0/s1. The van der Waals surface area contributed by atoms with Gasteiger partial charge in [-0.15, -0.1) is 0 Å². The van der Waals surface area contributed by atoms with Crippen molar-refractivity contribution < 1.29 is 19.1 Å². The Kier molecular flexibility index (Phi) is 6.42. The maximum Gasteiger partial charge on any atom is 0.347 e. The van der Waals surface area contributed by atoms with Gasteiger partial charge < -0.3 is 14.8 Å². The number of benzene rings is 2. The van der Waals surface area contributed by atoms with Crippen LogP contribution in [0.2, 0.25) is 5.02 Å². The minimum absolute atomic E-state index is 0.397. The van der Waals surface area contributed by atoms with Gasteiger partial charge >= 0.3 is 5.97 Å². The third kappa shape index (κ3) is 5.80. The minimum atomic E-state index is -0.817. The molecule has 1 amide bonds. The van der Waals surface area contributed by atoms with Crippen LogP contribution < -0.4 is 10.1 Å². The number of carbonyl (C=O) groups excluding carboxylic acids is 2. The molecule has 0 saturated carbocycles. The second-order valence-electron chi connectivity index (χ2n) is 5.69. The molecule has 0 aromatic heterocycles. The van der Waals surface area contributed by atoms with E-state index in [1.807, 2.05) is 32.0 Å². The fraction of sp³-hybridized carbons (Fsp3) is 0.263. The summed E-state index contributed by atoms with van der Waals surface area (Å²) in [5.74, 6) is -0.482. The summed E-state index contributed by atoms with van der Waals surface area (Å²) < 4.78 is 10.5. The van der Waals surface area contributed by atoms with Crippen LogP contribution in [0.4, 0.5) is 5.69 Å². The number of ether oxygens (including phenoxy) is 2. The summed E-state index contributed by atoms with van der Waals surface area (Å²) in [5, 5.41) is 3.17. The van der Waals surface area contributed by atoms with E-state index in [4.69, 9.17) is 21.1 Å². The number of hydrogen-bond donors (Lipinski definition) is 1. The number of hydrogen-bond acceptors (Lipinski definition) is 4. The van der Waals surface area contributed by atoms with E-state index in [2.05, 4.69) is 5.32 Å². The van der Waals surface area contributed by atoms with E-state index in [1.54, 1.807) is 31.2 Å². The molecular formula is C19H20ClNO4. The first kappa shape index (κ1) is 18.8. The van der Waals surface area contributed by atoms with Crippen LogP contribution >= 0.6 is 11.6 Å². The molecule has 5 nitrogen and oxygen atoms in total. The predicted octanol–water partition coefficient (Wildman–Crippen LogP) is 3.91. The van der Waals surface area contributed by atoms with Crippen LogP contribution in [0.3, 0.4) is 0 Å². The maximum absolute atomic E-state index is 12.0. The van der Waals surface area contributed by atoms with Crippen LogP contribution in [-0.4, -0.2) is 24.6 Å². The number of rotatable bonds is 6. The Bertz CT molecular complexity index is 776. The highest BCUT2D eigenvalue weighted by atomic mass is 35.5. The maximum atomic E-state index is 12.0. The van der Waals surface area contributed by atoms with Crippen molar-refractivity contribution in [3.05, 3.63) is 58.6 Å². The molecule has 2 aromatic rings. The van der Waals surface area contributed by atoms with Crippen LogP contribution in [0.25, 0.3) is 0 Å². The molecule has 132 valence electrons. The third-order valence-electron chi connectivity index (χ3n) is 3.45. The molecule has 0 radical (unpaired) electrons. The summed E-state index contributed by atoms with van der Waals surface area (Å²) in [5.41, 5.74) is 2.46. The van der Waals surface area contributed by atoms with Crippen molar-refractivity contribution in [3.63, 3.8) is 0 Å². The van der Waals surface area contributed by atoms with Crippen molar-refractivity contribution in [2.45, 2.75) is 26.9 Å². The molecule has 0 heterocycles. The lowest BCUT2D eigenvalue weighted by Gasteiger charge is -2.14. The van der Waals surface area contributed by atoms with Gasteiger partial charge in [0.15, 0.2) is 12.7 Å². The number of halogens is 1. The first-order valence-electron chi connectivity index (χ1n) is 7.81. The van der Waals surface area contributed by atoms with Crippen LogP contribution in [-0.2, 0) is 14.3 Å². The normalized spacial score (nSPS) is 11.5. The number of nitrogens with one attached hydrogen (secondary N) is 1. The van der Waals surface area contributed by atoms with E-state index >= 15 is 0 Å². The fourth-order valence-electron chi connectivity index (χ4n) is 2.11. The molecule has 0 aliphatic rings. The van der Waals surface area contributed by atoms with Crippen molar-refractivity contribution in [3.8, 4) is 5.75 Å². The molecule has 2 aromatic carbocycles. The monoisotopic (exact) mass is 361 g/mol. The van der Waals surface area contributed by atoms with E-state index in [9.17, 15) is 9.59 Å². The Labute approximate surface area is 151 Å². The summed E-state index contributed by atoms with van der Waals surface area (Å²) in [4.78, 5) is 23.9. The Morgan fingerprint density at radius 3 is 2.64 bits per heavy atom. The van der Waals surface area contributed by atoms with Gasteiger partial charge in [0.05, 0.1) is 0 Å². The van der Waals surface area contributed by atoms with Gasteiger partial charge in [0.25, 0.3) is 5.91 Å². The molecular weight excluding hydrogens is 342 g/mol. The molecule has 0 fully saturated rings. The van der Waals surface area contributed by atoms with Crippen LogP contribution in [0.15, 0.2) is 42.5 Å². The summed E-state index contributed by atoms with van der Waals surface area (Å²) >= 11 is 5.90. The predicted molar refractivity (Wildman–Crippen MR) is 97.0 cm³/mol. The van der Waals surface area contributed by atoms with E-state index < -0.39 is 24.6 Å². The van der Waals surface area contributed by atoms with Crippen LogP contribution in [0.5, 0.6) is 5.75 Å². The fourth-order valence-corrected chi connectivity index (χ4v) is 2.28. The number of anilines is 1. The highest BCUT2D eigenvalue weighted by Crippen LogP contribution is 2.20. The van der Waals surface area contributed by atoms with Crippen LogP contribution in [0.1, 0.15) is 18.1 Å². The molecule has 0 aliphatic carbocycles. The van der Waals surface area contributed by atoms with Crippen molar-refractivity contribution in [2.75, 3.05) is 11.9 Å². The Morgan fingerprint density at radius 1 is 1.16 bits per heavy atom. The number of esters is 1. The van der Waals surface area contributed by atoms with Gasteiger partial charge in [-0.25, -0.2) is 4.79 Å². The van der Waals surface area contributed by atoms with Gasteiger partial charge in [0, 0.05) is 10.7 Å². The SMILES string of the molecule is Cc1cccc(O[C@@H](C)C(=O)OCC(=O)Nc2cc(Cl)ccc2C)c1. The van der Waals surface area contributed by atoms with E-state index in [1.165, 1.54) is 0 Å². The van der Waals surface area contributed by atoms with E-state index in [0.29, 0.717) is 16.5 Å². The van der Waals surface area contributed by atoms with Crippen molar-refractivity contribution in [1.29, 1.82) is 0 Å². The van der Waals surface area contributed by atoms with Gasteiger partial charge in [-0.3, -0.25) is 4.79 Å². The third-order valence-corrected chi connectivity index (χ3v) is 3.69. The van der Waals surface area contributed by atoms with Gasteiger partial charge in [-0.1, -0.05) is 29.8 Å². The molecule has 0 unspecified atom stereocenters. The van der Waals surface area contributed by atoms with Crippen molar-refractivity contribution >= 4 is 29.2 Å². The molecule has 0 spiro atoms. The summed E-state index contributed by atoms with van der Waals surface area (Å²) in [7, 11) is 0. The van der Waals surface area contributed by atoms with E-state index in [0.717, 1.165) is 11.1 Å². The molecule has 0 saturated heterocycles. The topological polar surface area (TPSA) is 64.6 Å². The zero-order valence-electron chi connectivity index (χ0n) is 14.3. The van der Waals surface area contributed by atoms with Crippen molar-refractivity contribution in [1.82, 2.24) is 0 Å². The number of aryl methyl sites for hydroxylation is 2. The smallest absolute Gasteiger partial charge is 0.347 e. The average molecular weight is 362 g/mol. The Hall–Kier alpha value is -2.53. The molecule has 6 heteroatoms. The first-order chi connectivity index (χ1) is 11.8. The molecule has 0 aliphatic heterocycles. The Balaban J connectivity index is 1.84. The zero-order valence-corrected chi connectivity index (χ0v) is 15.1. The van der Waals surface area contributed by atoms with Gasteiger partial charge in [-0.2, -0.15) is 0 Å². The Morgan fingerprint density at radius 2 is 1.92 bits per heavy atom. The molecule has 1 atom stereocenters. The largest absolute Gasteiger partial charge is 0.479 e. The summed E-state index contributed by atoms with van der Waals surface area (Å²) in [6.45, 7) is 4.95. The number of amides is 1. The number of carbonyl (C=O) groups is 2. The average Bonchev–Trinajstić information content (AvgIpc) is 2.56. The minimum Gasteiger partial charge on any atom is -0.479 e.